The van der Waals surface area contributed by atoms with Crippen LogP contribution in [0.4, 0.5) is 0 Å². The second kappa shape index (κ2) is 4.69. The van der Waals surface area contributed by atoms with Crippen molar-refractivity contribution >= 4 is 0 Å². The Kier molecular flexibility index (Phi) is 3.43. The fourth-order valence-electron chi connectivity index (χ4n) is 2.12. The summed E-state index contributed by atoms with van der Waals surface area (Å²) in [5.74, 6) is 1.03. The van der Waals surface area contributed by atoms with Crippen LogP contribution in [-0.4, -0.2) is 11.6 Å². The molecule has 1 aromatic rings. The van der Waals surface area contributed by atoms with Gasteiger partial charge in [-0.15, -0.1) is 0 Å². The molecule has 0 bridgehead atoms. The first-order chi connectivity index (χ1) is 7.94. The predicted molar refractivity (Wildman–Crippen MR) is 71.4 cm³/mol. The van der Waals surface area contributed by atoms with E-state index in [4.69, 9.17) is 10.5 Å². The maximum Gasteiger partial charge on any atom is 0.122 e. The molecule has 1 aliphatic carbocycles. The first-order valence-electron chi connectivity index (χ1n) is 6.49. The van der Waals surface area contributed by atoms with Gasteiger partial charge in [0.15, 0.2) is 0 Å². The van der Waals surface area contributed by atoms with Gasteiger partial charge in [-0.25, -0.2) is 0 Å². The van der Waals surface area contributed by atoms with E-state index in [0.717, 1.165) is 12.2 Å². The molecule has 2 heteroatoms. The van der Waals surface area contributed by atoms with E-state index in [-0.39, 0.29) is 5.54 Å². The summed E-state index contributed by atoms with van der Waals surface area (Å²) in [4.78, 5) is 0. The van der Waals surface area contributed by atoms with Gasteiger partial charge >= 0.3 is 0 Å². The van der Waals surface area contributed by atoms with Crippen molar-refractivity contribution in [3.8, 4) is 5.75 Å². The van der Waals surface area contributed by atoms with Crippen LogP contribution < -0.4 is 10.5 Å². The van der Waals surface area contributed by atoms with Crippen molar-refractivity contribution in [1.29, 1.82) is 0 Å². The van der Waals surface area contributed by atoms with Crippen LogP contribution in [0.15, 0.2) is 18.2 Å². The molecule has 0 heterocycles. The molecule has 1 aliphatic rings. The van der Waals surface area contributed by atoms with Gasteiger partial charge in [0.25, 0.3) is 0 Å². The number of aryl methyl sites for hydroxylation is 1. The van der Waals surface area contributed by atoms with Gasteiger partial charge in [-0.3, -0.25) is 0 Å². The van der Waals surface area contributed by atoms with Crippen molar-refractivity contribution in [3.05, 3.63) is 29.3 Å². The molecule has 1 aromatic carbocycles. The molecule has 2 N–H and O–H groups in total. The summed E-state index contributed by atoms with van der Waals surface area (Å²) in [5.41, 5.74) is 8.43. The molecule has 0 amide bonds. The second-order valence-corrected chi connectivity index (χ2v) is 5.95. The van der Waals surface area contributed by atoms with E-state index in [1.807, 2.05) is 0 Å². The van der Waals surface area contributed by atoms with Crippen molar-refractivity contribution in [2.75, 3.05) is 0 Å². The van der Waals surface area contributed by atoms with E-state index in [9.17, 15) is 0 Å². The SMILES string of the molecule is Cc1ccc(OC2CCC2)c(CC(C)(C)N)c1. The smallest absolute Gasteiger partial charge is 0.122 e. The van der Waals surface area contributed by atoms with Crippen LogP contribution >= 0.6 is 0 Å². The monoisotopic (exact) mass is 233 g/mol. The minimum absolute atomic E-state index is 0.189. The van der Waals surface area contributed by atoms with Crippen LogP contribution in [0.2, 0.25) is 0 Å². The second-order valence-electron chi connectivity index (χ2n) is 5.95. The predicted octanol–water partition coefficient (Wildman–Crippen LogP) is 3.21. The van der Waals surface area contributed by atoms with Crippen LogP contribution in [-0.2, 0) is 6.42 Å². The van der Waals surface area contributed by atoms with Crippen LogP contribution in [0.25, 0.3) is 0 Å². The molecule has 0 spiro atoms. The standard InChI is InChI=1S/C15H23NO/c1-11-7-8-14(17-13-5-4-6-13)12(9-11)10-15(2,3)16/h7-9,13H,4-6,10,16H2,1-3H3. The summed E-state index contributed by atoms with van der Waals surface area (Å²) in [6, 6.07) is 6.40. The zero-order valence-electron chi connectivity index (χ0n) is 11.1. The van der Waals surface area contributed by atoms with Crippen molar-refractivity contribution in [2.24, 2.45) is 5.73 Å². The highest BCUT2D eigenvalue weighted by atomic mass is 16.5. The zero-order chi connectivity index (χ0) is 12.5. The third-order valence-electron chi connectivity index (χ3n) is 3.21. The van der Waals surface area contributed by atoms with Gasteiger partial charge in [-0.05, 0) is 58.1 Å². The van der Waals surface area contributed by atoms with Gasteiger partial charge in [0.05, 0.1) is 6.10 Å². The van der Waals surface area contributed by atoms with E-state index in [2.05, 4.69) is 39.0 Å². The zero-order valence-corrected chi connectivity index (χ0v) is 11.1. The summed E-state index contributed by atoms with van der Waals surface area (Å²) < 4.78 is 6.03. The fraction of sp³-hybridized carbons (Fsp3) is 0.600. The maximum atomic E-state index is 6.11. The van der Waals surface area contributed by atoms with Gasteiger partial charge in [0, 0.05) is 5.54 Å². The molecule has 17 heavy (non-hydrogen) atoms. The molecule has 0 aromatic heterocycles. The molecule has 2 nitrogen and oxygen atoms in total. The van der Waals surface area contributed by atoms with Crippen LogP contribution in [0.5, 0.6) is 5.75 Å². The normalized spacial score (nSPS) is 16.7. The van der Waals surface area contributed by atoms with E-state index in [1.54, 1.807) is 0 Å². The molecule has 0 atom stereocenters. The topological polar surface area (TPSA) is 35.2 Å². The molecule has 94 valence electrons. The number of hydrogen-bond acceptors (Lipinski definition) is 2. The molecular formula is C15H23NO. The molecule has 0 radical (unpaired) electrons. The lowest BCUT2D eigenvalue weighted by atomic mass is 9.93. The summed E-state index contributed by atoms with van der Waals surface area (Å²) >= 11 is 0. The van der Waals surface area contributed by atoms with Gasteiger partial charge in [-0.1, -0.05) is 17.7 Å². The van der Waals surface area contributed by atoms with Gasteiger partial charge in [-0.2, -0.15) is 0 Å². The largest absolute Gasteiger partial charge is 0.490 e. The Hall–Kier alpha value is -1.02. The Balaban J connectivity index is 2.17. The number of rotatable bonds is 4. The van der Waals surface area contributed by atoms with E-state index < -0.39 is 0 Å². The van der Waals surface area contributed by atoms with E-state index >= 15 is 0 Å². The summed E-state index contributed by atoms with van der Waals surface area (Å²) in [6.07, 6.45) is 4.97. The van der Waals surface area contributed by atoms with Crippen LogP contribution in [0.1, 0.15) is 44.2 Å². The fourth-order valence-corrected chi connectivity index (χ4v) is 2.12. The lowest BCUT2D eigenvalue weighted by Crippen LogP contribution is -2.35. The molecule has 1 saturated carbocycles. The summed E-state index contributed by atoms with van der Waals surface area (Å²) in [6.45, 7) is 6.23. The molecule has 0 unspecified atom stereocenters. The Morgan fingerprint density at radius 3 is 2.59 bits per heavy atom. The highest BCUT2D eigenvalue weighted by Crippen LogP contribution is 2.29. The number of nitrogens with two attached hydrogens (primary N) is 1. The molecular weight excluding hydrogens is 210 g/mol. The maximum absolute atomic E-state index is 6.11. The Morgan fingerprint density at radius 2 is 2.06 bits per heavy atom. The quantitative estimate of drug-likeness (QED) is 0.866. The van der Waals surface area contributed by atoms with Gasteiger partial charge in [0.1, 0.15) is 5.75 Å². The van der Waals surface area contributed by atoms with Crippen LogP contribution in [0.3, 0.4) is 0 Å². The van der Waals surface area contributed by atoms with Crippen LogP contribution in [0, 0.1) is 6.92 Å². The first kappa shape index (κ1) is 12.4. The number of benzene rings is 1. The Labute approximate surface area is 104 Å². The third-order valence-corrected chi connectivity index (χ3v) is 3.21. The first-order valence-corrected chi connectivity index (χ1v) is 6.49. The Bertz CT molecular complexity index is 388. The minimum Gasteiger partial charge on any atom is -0.490 e. The van der Waals surface area contributed by atoms with E-state index in [0.29, 0.717) is 6.10 Å². The minimum atomic E-state index is -0.189. The van der Waals surface area contributed by atoms with Gasteiger partial charge in [0.2, 0.25) is 0 Å². The third kappa shape index (κ3) is 3.47. The molecule has 1 fully saturated rings. The summed E-state index contributed by atoms with van der Waals surface area (Å²) in [5, 5.41) is 0. The highest BCUT2D eigenvalue weighted by molar-refractivity contribution is 5.38. The van der Waals surface area contributed by atoms with Crippen molar-refractivity contribution < 1.29 is 4.74 Å². The lowest BCUT2D eigenvalue weighted by Gasteiger charge is -2.29. The van der Waals surface area contributed by atoms with Crippen molar-refractivity contribution in [3.63, 3.8) is 0 Å². The average molecular weight is 233 g/mol. The van der Waals surface area contributed by atoms with Gasteiger partial charge < -0.3 is 10.5 Å². The summed E-state index contributed by atoms with van der Waals surface area (Å²) in [7, 11) is 0. The number of ether oxygens (including phenoxy) is 1. The van der Waals surface area contributed by atoms with E-state index in [1.165, 1.54) is 30.4 Å². The Morgan fingerprint density at radius 1 is 1.35 bits per heavy atom. The lowest BCUT2D eigenvalue weighted by molar-refractivity contribution is 0.118. The molecule has 0 aliphatic heterocycles. The van der Waals surface area contributed by atoms with Crippen molar-refractivity contribution in [2.45, 2.75) is 58.1 Å². The number of hydrogen-bond donors (Lipinski definition) is 1. The van der Waals surface area contributed by atoms with Crippen molar-refractivity contribution in [1.82, 2.24) is 0 Å². The highest BCUT2D eigenvalue weighted by Gasteiger charge is 2.22. The molecule has 0 saturated heterocycles. The molecule has 2 rings (SSSR count). The average Bonchev–Trinajstić information content (AvgIpc) is 2.11.